The van der Waals surface area contributed by atoms with Gasteiger partial charge in [0.15, 0.2) is 11.4 Å². The SMILES string of the molecule is CN(C)[C@@H]1C(=O)C(C(N)=O)=C(O)[C@@]2(O)C(=O)C3=C(O)c4c(ccc(NC5CCC(Cc6ccccc6)CC5)c4O)C[C@H]3C[C@@H]12. The molecular formula is C34H39N3O7. The molecule has 6 rings (SSSR count). The first-order valence-corrected chi connectivity index (χ1v) is 15.2. The molecule has 0 spiro atoms. The van der Waals surface area contributed by atoms with Crippen LogP contribution in [-0.2, 0) is 27.2 Å². The highest BCUT2D eigenvalue weighted by atomic mass is 16.3. The topological polar surface area (TPSA) is 173 Å². The lowest BCUT2D eigenvalue weighted by Gasteiger charge is -2.50. The number of hydrogen-bond donors (Lipinski definition) is 6. The van der Waals surface area contributed by atoms with Crippen molar-refractivity contribution in [1.29, 1.82) is 0 Å². The quantitative estimate of drug-likeness (QED) is 0.215. The standard InChI is InChI=1S/C34H39N3O7/c1-37(2)27-22-16-20-15-19-10-13-23(36-21-11-8-18(9-12-21)14-17-6-4-3-5-7-17)28(38)24(19)29(39)25(20)31(41)34(22,44)32(42)26(30(27)40)33(35)43/h3-7,10,13,18,20-22,27,36,38-39,42,44H,8-9,11-12,14-16H2,1-2H3,(H2,35,43)/t18?,20-,21?,22-,27-,34-/m0/s1. The van der Waals surface area contributed by atoms with E-state index in [2.05, 4.69) is 29.6 Å². The van der Waals surface area contributed by atoms with Crippen LogP contribution in [0.2, 0.25) is 0 Å². The zero-order valence-corrected chi connectivity index (χ0v) is 24.9. The predicted molar refractivity (Wildman–Crippen MR) is 164 cm³/mol. The predicted octanol–water partition coefficient (Wildman–Crippen LogP) is 3.18. The van der Waals surface area contributed by atoms with Gasteiger partial charge in [-0.05, 0) is 88.1 Å². The minimum Gasteiger partial charge on any atom is -0.508 e. The van der Waals surface area contributed by atoms with E-state index in [-0.39, 0.29) is 35.8 Å². The number of carbonyl (C=O) groups is 3. The van der Waals surface area contributed by atoms with Crippen LogP contribution < -0.4 is 11.1 Å². The van der Waals surface area contributed by atoms with Crippen molar-refractivity contribution >= 4 is 28.9 Å². The molecule has 44 heavy (non-hydrogen) atoms. The number of Topliss-reactive ketones (excluding diaryl/α,β-unsaturated/α-hetero) is 2. The highest BCUT2D eigenvalue weighted by Crippen LogP contribution is 2.53. The number of nitrogens with one attached hydrogen (secondary N) is 1. The van der Waals surface area contributed by atoms with Gasteiger partial charge in [0, 0.05) is 17.5 Å². The molecular weight excluding hydrogens is 562 g/mol. The fraction of sp³-hybridized carbons (Fsp3) is 0.441. The Morgan fingerprint density at radius 3 is 2.34 bits per heavy atom. The van der Waals surface area contributed by atoms with Crippen molar-refractivity contribution in [2.75, 3.05) is 19.4 Å². The average Bonchev–Trinajstić information content (AvgIpc) is 2.97. The van der Waals surface area contributed by atoms with Crippen LogP contribution in [0, 0.1) is 17.8 Å². The summed E-state index contributed by atoms with van der Waals surface area (Å²) in [5.41, 5.74) is 4.29. The van der Waals surface area contributed by atoms with Crippen LogP contribution in [0.1, 0.15) is 48.8 Å². The molecule has 1 amide bonds. The first-order valence-electron chi connectivity index (χ1n) is 15.2. The largest absolute Gasteiger partial charge is 0.508 e. The number of phenolic OH excluding ortho intramolecular Hbond substituents is 1. The third-order valence-electron chi connectivity index (χ3n) is 10.2. The van der Waals surface area contributed by atoms with E-state index in [9.17, 15) is 34.8 Å². The maximum absolute atomic E-state index is 14.0. The second-order valence-corrected chi connectivity index (χ2v) is 13.0. The number of aliphatic hydroxyl groups excluding tert-OH is 2. The average molecular weight is 602 g/mol. The van der Waals surface area contributed by atoms with E-state index in [0.29, 0.717) is 17.2 Å². The van der Waals surface area contributed by atoms with Crippen molar-refractivity contribution in [1.82, 2.24) is 4.90 Å². The first kappa shape index (κ1) is 29.9. The maximum atomic E-state index is 14.0. The number of nitrogens with zero attached hydrogens (tertiary/aromatic N) is 1. The van der Waals surface area contributed by atoms with Crippen molar-refractivity contribution in [3.8, 4) is 5.75 Å². The van der Waals surface area contributed by atoms with Crippen LogP contribution in [0.25, 0.3) is 5.76 Å². The number of fused-ring (bicyclic) bond motifs is 3. The molecule has 4 aliphatic rings. The number of primary amides is 1. The normalized spacial score (nSPS) is 30.1. The first-order chi connectivity index (χ1) is 20.9. The van der Waals surface area contributed by atoms with Gasteiger partial charge in [-0.3, -0.25) is 19.3 Å². The van der Waals surface area contributed by atoms with Gasteiger partial charge in [0.1, 0.15) is 22.8 Å². The third kappa shape index (κ3) is 4.68. The number of amides is 1. The molecule has 4 aliphatic carbocycles. The lowest BCUT2D eigenvalue weighted by Crippen LogP contribution is -2.65. The molecule has 0 saturated heterocycles. The lowest BCUT2D eigenvalue weighted by molar-refractivity contribution is -0.153. The monoisotopic (exact) mass is 601 g/mol. The highest BCUT2D eigenvalue weighted by Gasteiger charge is 2.64. The van der Waals surface area contributed by atoms with E-state index < -0.39 is 58.0 Å². The van der Waals surface area contributed by atoms with Crippen LogP contribution in [0.15, 0.2) is 59.4 Å². The van der Waals surface area contributed by atoms with Gasteiger partial charge in [-0.2, -0.15) is 0 Å². The number of aromatic hydroxyl groups is 1. The summed E-state index contributed by atoms with van der Waals surface area (Å²) in [4.78, 5) is 40.9. The molecule has 0 radical (unpaired) electrons. The lowest BCUT2D eigenvalue weighted by atomic mass is 9.57. The zero-order chi connectivity index (χ0) is 31.5. The van der Waals surface area contributed by atoms with Gasteiger partial charge >= 0.3 is 0 Å². The number of aliphatic hydroxyl groups is 3. The summed E-state index contributed by atoms with van der Waals surface area (Å²) in [7, 11) is 3.16. The van der Waals surface area contributed by atoms with Crippen molar-refractivity contribution in [2.24, 2.45) is 23.5 Å². The Bertz CT molecular complexity index is 1590. The number of phenols is 1. The van der Waals surface area contributed by atoms with Gasteiger partial charge in [0.05, 0.1) is 17.3 Å². The Hall–Kier alpha value is -4.15. The molecule has 0 bridgehead atoms. The van der Waals surface area contributed by atoms with Crippen LogP contribution in [0.3, 0.4) is 0 Å². The molecule has 2 aromatic rings. The van der Waals surface area contributed by atoms with E-state index in [1.807, 2.05) is 12.1 Å². The molecule has 10 heteroatoms. The number of ketones is 2. The Morgan fingerprint density at radius 1 is 1.02 bits per heavy atom. The van der Waals surface area contributed by atoms with Crippen molar-refractivity contribution < 1.29 is 34.8 Å². The van der Waals surface area contributed by atoms with Gasteiger partial charge in [-0.1, -0.05) is 36.4 Å². The second kappa shape index (κ2) is 11.1. The number of rotatable bonds is 6. The highest BCUT2D eigenvalue weighted by molar-refractivity contribution is 6.24. The van der Waals surface area contributed by atoms with Crippen LogP contribution in [-0.4, -0.2) is 74.6 Å². The summed E-state index contributed by atoms with van der Waals surface area (Å²) in [5.74, 6) is -5.87. The van der Waals surface area contributed by atoms with E-state index in [1.54, 1.807) is 20.2 Å². The Morgan fingerprint density at radius 2 is 1.70 bits per heavy atom. The summed E-state index contributed by atoms with van der Waals surface area (Å²) < 4.78 is 0. The molecule has 232 valence electrons. The number of anilines is 1. The molecule has 0 unspecified atom stereocenters. The van der Waals surface area contributed by atoms with Gasteiger partial charge in [0.25, 0.3) is 5.91 Å². The fourth-order valence-electron chi connectivity index (χ4n) is 8.01. The Balaban J connectivity index is 1.28. The van der Waals surface area contributed by atoms with Crippen molar-refractivity contribution in [3.05, 3.63) is 76.1 Å². The number of carbonyl (C=O) groups excluding carboxylic acids is 3. The molecule has 2 saturated carbocycles. The molecule has 0 heterocycles. The zero-order valence-electron chi connectivity index (χ0n) is 24.9. The molecule has 2 fully saturated rings. The summed E-state index contributed by atoms with van der Waals surface area (Å²) in [5, 5.41) is 49.1. The molecule has 10 nitrogen and oxygen atoms in total. The Kier molecular flexibility index (Phi) is 7.53. The minimum atomic E-state index is -2.64. The van der Waals surface area contributed by atoms with E-state index in [0.717, 1.165) is 32.1 Å². The molecule has 7 N–H and O–H groups in total. The van der Waals surface area contributed by atoms with E-state index >= 15 is 0 Å². The minimum absolute atomic E-state index is 0.0682. The second-order valence-electron chi connectivity index (χ2n) is 13.0. The van der Waals surface area contributed by atoms with Crippen molar-refractivity contribution in [3.63, 3.8) is 0 Å². The van der Waals surface area contributed by atoms with Crippen LogP contribution in [0.4, 0.5) is 5.69 Å². The van der Waals surface area contributed by atoms with Crippen molar-refractivity contribution in [2.45, 2.75) is 62.6 Å². The van der Waals surface area contributed by atoms with Gasteiger partial charge < -0.3 is 31.5 Å². The molecule has 2 aromatic carbocycles. The Labute approximate surface area is 255 Å². The number of hydrogen-bond acceptors (Lipinski definition) is 9. The summed E-state index contributed by atoms with van der Waals surface area (Å²) in [6.45, 7) is 0. The molecule has 0 aliphatic heterocycles. The number of likely N-dealkylation sites (N-methyl/N-ethyl adjacent to an activating group) is 1. The molecule has 4 atom stereocenters. The number of benzene rings is 2. The van der Waals surface area contributed by atoms with E-state index in [1.165, 1.54) is 10.5 Å². The van der Waals surface area contributed by atoms with Crippen LogP contribution in [0.5, 0.6) is 5.75 Å². The summed E-state index contributed by atoms with van der Waals surface area (Å²) >= 11 is 0. The summed E-state index contributed by atoms with van der Waals surface area (Å²) in [6, 6.07) is 13.1. The number of nitrogens with two attached hydrogens (primary N) is 1. The smallest absolute Gasteiger partial charge is 0.255 e. The summed E-state index contributed by atoms with van der Waals surface area (Å²) in [6.07, 6.45) is 5.32. The fourth-order valence-corrected chi connectivity index (χ4v) is 8.01. The third-order valence-corrected chi connectivity index (χ3v) is 10.2. The van der Waals surface area contributed by atoms with Gasteiger partial charge in [0.2, 0.25) is 5.78 Å². The maximum Gasteiger partial charge on any atom is 0.255 e. The van der Waals surface area contributed by atoms with Gasteiger partial charge in [-0.15, -0.1) is 0 Å². The van der Waals surface area contributed by atoms with E-state index in [4.69, 9.17) is 5.73 Å². The molecule has 0 aromatic heterocycles. The van der Waals surface area contributed by atoms with Crippen LogP contribution >= 0.6 is 0 Å². The van der Waals surface area contributed by atoms with Gasteiger partial charge in [-0.25, -0.2) is 0 Å².